The largest absolute Gasteiger partial charge is 0.481 e. The van der Waals surface area contributed by atoms with E-state index in [1.807, 2.05) is 0 Å². The van der Waals surface area contributed by atoms with Crippen molar-refractivity contribution >= 4 is 17.5 Å². The number of halogens is 1. The first-order valence-electron chi connectivity index (χ1n) is 6.00. The normalized spacial score (nSPS) is 12.2. The first kappa shape index (κ1) is 14.8. The van der Waals surface area contributed by atoms with Gasteiger partial charge in [0.15, 0.2) is 6.10 Å². The second-order valence-corrected chi connectivity index (χ2v) is 4.46. The number of benzene rings is 1. The van der Waals surface area contributed by atoms with E-state index in [2.05, 4.69) is 12.2 Å². The second kappa shape index (κ2) is 7.24. The Labute approximate surface area is 112 Å². The highest BCUT2D eigenvalue weighted by Crippen LogP contribution is 2.27. The molecule has 0 aliphatic carbocycles. The van der Waals surface area contributed by atoms with Crippen LogP contribution in [0.4, 0.5) is 0 Å². The summed E-state index contributed by atoms with van der Waals surface area (Å²) in [6.07, 6.45) is 0.367. The standard InChI is InChI=1S/C13H19ClN2O2/c1-3-7-16-8-10-11(14)5-4-6-12(10)18-9(2)13(15)17/h4-6,9,16H,3,7-8H2,1-2H3,(H2,15,17). The lowest BCUT2D eigenvalue weighted by Gasteiger charge is -2.16. The maximum atomic E-state index is 11.0. The molecular formula is C13H19ClN2O2. The molecule has 0 aromatic heterocycles. The second-order valence-electron chi connectivity index (χ2n) is 4.06. The van der Waals surface area contributed by atoms with Gasteiger partial charge in [0.2, 0.25) is 0 Å². The zero-order valence-electron chi connectivity index (χ0n) is 10.7. The lowest BCUT2D eigenvalue weighted by atomic mass is 10.2. The number of nitrogens with two attached hydrogens (primary N) is 1. The molecule has 1 aromatic rings. The van der Waals surface area contributed by atoms with Crippen LogP contribution in [0.2, 0.25) is 5.02 Å². The van der Waals surface area contributed by atoms with Crippen LogP contribution in [0.25, 0.3) is 0 Å². The van der Waals surface area contributed by atoms with Crippen LogP contribution in [-0.2, 0) is 11.3 Å². The number of amides is 1. The highest BCUT2D eigenvalue weighted by molar-refractivity contribution is 6.31. The lowest BCUT2D eigenvalue weighted by molar-refractivity contribution is -0.124. The summed E-state index contributed by atoms with van der Waals surface area (Å²) in [6.45, 7) is 5.21. The van der Waals surface area contributed by atoms with Gasteiger partial charge < -0.3 is 15.8 Å². The quantitative estimate of drug-likeness (QED) is 0.746. The van der Waals surface area contributed by atoms with Gasteiger partial charge in [-0.05, 0) is 32.0 Å². The summed E-state index contributed by atoms with van der Waals surface area (Å²) in [6, 6.07) is 5.37. The number of carbonyl (C=O) groups excluding carboxylic acids is 1. The van der Waals surface area contributed by atoms with E-state index in [4.69, 9.17) is 22.1 Å². The van der Waals surface area contributed by atoms with Crippen LogP contribution < -0.4 is 15.8 Å². The zero-order chi connectivity index (χ0) is 13.5. The minimum atomic E-state index is -0.673. The van der Waals surface area contributed by atoms with Gasteiger partial charge in [0, 0.05) is 17.1 Å². The molecule has 100 valence electrons. The van der Waals surface area contributed by atoms with E-state index in [0.29, 0.717) is 17.3 Å². The average Bonchev–Trinajstić information content (AvgIpc) is 2.32. The number of primary amides is 1. The summed E-state index contributed by atoms with van der Waals surface area (Å²) in [5, 5.41) is 3.87. The van der Waals surface area contributed by atoms with Crippen molar-refractivity contribution in [2.75, 3.05) is 6.54 Å². The predicted octanol–water partition coefficient (Wildman–Crippen LogP) is 2.09. The SMILES string of the molecule is CCCNCc1c(Cl)cccc1OC(C)C(N)=O. The Kier molecular flexibility index (Phi) is 5.95. The summed E-state index contributed by atoms with van der Waals surface area (Å²) in [5.41, 5.74) is 6.03. The van der Waals surface area contributed by atoms with E-state index in [1.54, 1.807) is 25.1 Å². The molecule has 18 heavy (non-hydrogen) atoms. The van der Waals surface area contributed by atoms with E-state index in [0.717, 1.165) is 18.5 Å². The third kappa shape index (κ3) is 4.20. The Morgan fingerprint density at radius 1 is 1.56 bits per heavy atom. The fourth-order valence-electron chi connectivity index (χ4n) is 1.46. The van der Waals surface area contributed by atoms with E-state index < -0.39 is 12.0 Å². The highest BCUT2D eigenvalue weighted by atomic mass is 35.5. The van der Waals surface area contributed by atoms with Crippen molar-refractivity contribution in [2.45, 2.75) is 32.9 Å². The minimum absolute atomic E-state index is 0.498. The van der Waals surface area contributed by atoms with Crippen molar-refractivity contribution in [1.29, 1.82) is 0 Å². The van der Waals surface area contributed by atoms with Crippen molar-refractivity contribution in [2.24, 2.45) is 5.73 Å². The number of nitrogens with one attached hydrogen (secondary N) is 1. The van der Waals surface area contributed by atoms with Gasteiger partial charge in [0.25, 0.3) is 5.91 Å². The van der Waals surface area contributed by atoms with Gasteiger partial charge in [0.1, 0.15) is 5.75 Å². The van der Waals surface area contributed by atoms with Gasteiger partial charge in [-0.3, -0.25) is 4.79 Å². The van der Waals surface area contributed by atoms with Crippen LogP contribution in [0.5, 0.6) is 5.75 Å². The van der Waals surface area contributed by atoms with Crippen LogP contribution in [0, 0.1) is 0 Å². The molecule has 1 rings (SSSR count). The fourth-order valence-corrected chi connectivity index (χ4v) is 1.69. The molecule has 0 bridgehead atoms. The molecule has 0 spiro atoms. The average molecular weight is 271 g/mol. The Balaban J connectivity index is 2.82. The van der Waals surface area contributed by atoms with Crippen LogP contribution >= 0.6 is 11.6 Å². The molecule has 0 saturated heterocycles. The smallest absolute Gasteiger partial charge is 0.258 e. The van der Waals surface area contributed by atoms with Gasteiger partial charge >= 0.3 is 0 Å². The summed E-state index contributed by atoms with van der Waals surface area (Å²) < 4.78 is 5.52. The molecule has 1 atom stereocenters. The number of hydrogen-bond acceptors (Lipinski definition) is 3. The number of carbonyl (C=O) groups is 1. The summed E-state index contributed by atoms with van der Waals surface area (Å²) in [4.78, 5) is 11.0. The third-order valence-electron chi connectivity index (χ3n) is 2.51. The fraction of sp³-hybridized carbons (Fsp3) is 0.462. The Hall–Kier alpha value is -1.26. The Morgan fingerprint density at radius 3 is 2.89 bits per heavy atom. The van der Waals surface area contributed by atoms with Crippen molar-refractivity contribution < 1.29 is 9.53 Å². The Bertz CT molecular complexity index is 410. The van der Waals surface area contributed by atoms with Crippen LogP contribution in [-0.4, -0.2) is 18.6 Å². The maximum Gasteiger partial charge on any atom is 0.258 e. The van der Waals surface area contributed by atoms with Gasteiger partial charge in [0.05, 0.1) is 0 Å². The molecule has 1 amide bonds. The van der Waals surface area contributed by atoms with Crippen LogP contribution in [0.3, 0.4) is 0 Å². The van der Waals surface area contributed by atoms with E-state index in [1.165, 1.54) is 0 Å². The first-order chi connectivity index (χ1) is 8.56. The maximum absolute atomic E-state index is 11.0. The van der Waals surface area contributed by atoms with E-state index in [-0.39, 0.29) is 0 Å². The van der Waals surface area contributed by atoms with Crippen molar-refractivity contribution in [3.63, 3.8) is 0 Å². The van der Waals surface area contributed by atoms with Gasteiger partial charge in [-0.2, -0.15) is 0 Å². The molecule has 5 heteroatoms. The minimum Gasteiger partial charge on any atom is -0.481 e. The van der Waals surface area contributed by atoms with Crippen LogP contribution in [0.15, 0.2) is 18.2 Å². The molecule has 0 saturated carbocycles. The Morgan fingerprint density at radius 2 is 2.28 bits per heavy atom. The topological polar surface area (TPSA) is 64.3 Å². The van der Waals surface area contributed by atoms with Crippen molar-refractivity contribution in [1.82, 2.24) is 5.32 Å². The number of rotatable bonds is 7. The zero-order valence-corrected chi connectivity index (χ0v) is 11.5. The monoisotopic (exact) mass is 270 g/mol. The molecule has 3 N–H and O–H groups in total. The molecular weight excluding hydrogens is 252 g/mol. The van der Waals surface area contributed by atoms with Crippen molar-refractivity contribution in [3.05, 3.63) is 28.8 Å². The molecule has 0 aliphatic rings. The number of hydrogen-bond donors (Lipinski definition) is 2. The predicted molar refractivity (Wildman–Crippen MR) is 72.7 cm³/mol. The van der Waals surface area contributed by atoms with Crippen LogP contribution in [0.1, 0.15) is 25.8 Å². The highest BCUT2D eigenvalue weighted by Gasteiger charge is 2.14. The van der Waals surface area contributed by atoms with Gasteiger partial charge in [-0.15, -0.1) is 0 Å². The van der Waals surface area contributed by atoms with E-state index >= 15 is 0 Å². The van der Waals surface area contributed by atoms with Gasteiger partial charge in [-0.25, -0.2) is 0 Å². The molecule has 1 aromatic carbocycles. The molecule has 0 radical (unpaired) electrons. The summed E-state index contributed by atoms with van der Waals surface area (Å²) in [5.74, 6) is 0.0971. The number of ether oxygens (including phenoxy) is 1. The summed E-state index contributed by atoms with van der Waals surface area (Å²) >= 11 is 6.14. The first-order valence-corrected chi connectivity index (χ1v) is 6.38. The molecule has 0 fully saturated rings. The van der Waals surface area contributed by atoms with E-state index in [9.17, 15) is 4.79 Å². The molecule has 0 aliphatic heterocycles. The lowest BCUT2D eigenvalue weighted by Crippen LogP contribution is -2.31. The third-order valence-corrected chi connectivity index (χ3v) is 2.86. The summed E-state index contributed by atoms with van der Waals surface area (Å²) in [7, 11) is 0. The molecule has 0 heterocycles. The van der Waals surface area contributed by atoms with Gasteiger partial charge in [-0.1, -0.05) is 24.6 Å². The molecule has 1 unspecified atom stereocenters. The van der Waals surface area contributed by atoms with Crippen molar-refractivity contribution in [3.8, 4) is 5.75 Å². The molecule has 4 nitrogen and oxygen atoms in total.